The highest BCUT2D eigenvalue weighted by Crippen LogP contribution is 2.11. The molecule has 0 unspecified atom stereocenters. The van der Waals surface area contributed by atoms with Crippen LogP contribution in [0.5, 0.6) is 0 Å². The van der Waals surface area contributed by atoms with Crippen molar-refractivity contribution in [3.63, 3.8) is 0 Å². The quantitative estimate of drug-likeness (QED) is 0.665. The van der Waals surface area contributed by atoms with Gasteiger partial charge in [-0.15, -0.1) is 11.3 Å². The van der Waals surface area contributed by atoms with Crippen molar-refractivity contribution in [2.24, 2.45) is 0 Å². The van der Waals surface area contributed by atoms with Crippen LogP contribution < -0.4 is 5.73 Å². The zero-order valence-corrected chi connectivity index (χ0v) is 10.0. The highest BCUT2D eigenvalue weighted by Gasteiger charge is 1.96. The van der Waals surface area contributed by atoms with E-state index in [1.807, 2.05) is 35.7 Å². The second-order valence-electron chi connectivity index (χ2n) is 3.34. The summed E-state index contributed by atoms with van der Waals surface area (Å²) in [7, 11) is 0. The molecule has 0 bridgehead atoms. The molecule has 4 heteroatoms. The Labute approximate surface area is 104 Å². The Morgan fingerprint density at radius 1 is 1.29 bits per heavy atom. The monoisotopic (exact) mass is 244 g/mol. The van der Waals surface area contributed by atoms with Gasteiger partial charge in [0.05, 0.1) is 12.3 Å². The number of nitrogens with zero attached hydrogens (tertiary/aromatic N) is 1. The summed E-state index contributed by atoms with van der Waals surface area (Å²) in [6.07, 6.45) is 0. The number of thiazole rings is 1. The first-order valence-electron chi connectivity index (χ1n) is 5.16. The largest absolute Gasteiger partial charge is 0.375 e. The SMILES string of the molecule is Nc1nc(COCC#Cc2ccccc2)cs1. The Bertz CT molecular complexity index is 525. The zero-order valence-electron chi connectivity index (χ0n) is 9.22. The molecule has 0 aliphatic carbocycles. The zero-order chi connectivity index (χ0) is 11.9. The first-order valence-corrected chi connectivity index (χ1v) is 6.04. The smallest absolute Gasteiger partial charge is 0.180 e. The van der Waals surface area contributed by atoms with E-state index in [2.05, 4.69) is 16.8 Å². The van der Waals surface area contributed by atoms with Crippen LogP contribution in [0.4, 0.5) is 5.13 Å². The number of anilines is 1. The molecule has 2 N–H and O–H groups in total. The maximum Gasteiger partial charge on any atom is 0.180 e. The average Bonchev–Trinajstić information content (AvgIpc) is 2.76. The number of benzene rings is 1. The van der Waals surface area contributed by atoms with Crippen molar-refractivity contribution in [2.75, 3.05) is 12.3 Å². The fourth-order valence-corrected chi connectivity index (χ4v) is 1.80. The van der Waals surface area contributed by atoms with Gasteiger partial charge in [-0.05, 0) is 12.1 Å². The van der Waals surface area contributed by atoms with E-state index in [9.17, 15) is 0 Å². The minimum Gasteiger partial charge on any atom is -0.375 e. The predicted octanol–water partition coefficient (Wildman–Crippen LogP) is 2.29. The van der Waals surface area contributed by atoms with E-state index in [1.165, 1.54) is 11.3 Å². The predicted molar refractivity (Wildman–Crippen MR) is 69.5 cm³/mol. The van der Waals surface area contributed by atoms with Gasteiger partial charge in [-0.25, -0.2) is 4.98 Å². The third-order valence-corrected chi connectivity index (χ3v) is 2.72. The lowest BCUT2D eigenvalue weighted by Gasteiger charge is -1.94. The van der Waals surface area contributed by atoms with E-state index >= 15 is 0 Å². The van der Waals surface area contributed by atoms with Crippen LogP contribution in [0.25, 0.3) is 0 Å². The molecule has 2 rings (SSSR count). The molecule has 1 aromatic carbocycles. The normalized spacial score (nSPS) is 9.65. The summed E-state index contributed by atoms with van der Waals surface area (Å²) < 4.78 is 5.37. The lowest BCUT2D eigenvalue weighted by atomic mass is 10.2. The van der Waals surface area contributed by atoms with E-state index in [1.54, 1.807) is 0 Å². The third-order valence-electron chi connectivity index (χ3n) is 2.00. The van der Waals surface area contributed by atoms with Gasteiger partial charge in [0.15, 0.2) is 5.13 Å². The van der Waals surface area contributed by atoms with Gasteiger partial charge in [-0.1, -0.05) is 30.0 Å². The maximum absolute atomic E-state index is 5.51. The summed E-state index contributed by atoms with van der Waals surface area (Å²) >= 11 is 1.42. The Balaban J connectivity index is 1.75. The van der Waals surface area contributed by atoms with E-state index in [0.29, 0.717) is 18.3 Å². The molecule has 1 heterocycles. The molecule has 0 saturated heterocycles. The minimum absolute atomic E-state index is 0.395. The molecule has 17 heavy (non-hydrogen) atoms. The molecular formula is C13H12N2OS. The molecule has 0 spiro atoms. The summed E-state index contributed by atoms with van der Waals surface area (Å²) in [6, 6.07) is 9.82. The van der Waals surface area contributed by atoms with E-state index in [4.69, 9.17) is 10.5 Å². The second kappa shape index (κ2) is 6.04. The number of ether oxygens (including phenoxy) is 1. The van der Waals surface area contributed by atoms with E-state index in [0.717, 1.165) is 11.3 Å². The molecular weight excluding hydrogens is 232 g/mol. The van der Waals surface area contributed by atoms with Gasteiger partial charge in [-0.3, -0.25) is 0 Å². The molecule has 0 amide bonds. The van der Waals surface area contributed by atoms with Crippen LogP contribution in [-0.2, 0) is 11.3 Å². The number of aromatic nitrogens is 1. The lowest BCUT2D eigenvalue weighted by molar-refractivity contribution is 0.151. The van der Waals surface area contributed by atoms with Crippen LogP contribution >= 0.6 is 11.3 Å². The number of rotatable bonds is 3. The van der Waals surface area contributed by atoms with Crippen LogP contribution in [0, 0.1) is 11.8 Å². The van der Waals surface area contributed by atoms with Gasteiger partial charge in [0.2, 0.25) is 0 Å². The topological polar surface area (TPSA) is 48.1 Å². The number of hydrogen-bond donors (Lipinski definition) is 1. The number of nitrogens with two attached hydrogens (primary N) is 1. The molecule has 0 fully saturated rings. The van der Waals surface area contributed by atoms with Crippen LogP contribution in [0.1, 0.15) is 11.3 Å². The second-order valence-corrected chi connectivity index (χ2v) is 4.23. The highest BCUT2D eigenvalue weighted by molar-refractivity contribution is 7.13. The molecule has 0 aliphatic rings. The molecule has 1 aromatic heterocycles. The van der Waals surface area contributed by atoms with Crippen molar-refractivity contribution in [1.29, 1.82) is 0 Å². The molecule has 0 radical (unpaired) electrons. The van der Waals surface area contributed by atoms with Crippen molar-refractivity contribution in [3.05, 3.63) is 47.0 Å². The first-order chi connectivity index (χ1) is 8.34. The Hall–Kier alpha value is -1.83. The minimum atomic E-state index is 0.395. The van der Waals surface area contributed by atoms with Gasteiger partial charge >= 0.3 is 0 Å². The molecule has 0 saturated carbocycles. The van der Waals surface area contributed by atoms with Crippen LogP contribution in [0.15, 0.2) is 35.7 Å². The van der Waals surface area contributed by atoms with Gasteiger partial charge in [-0.2, -0.15) is 0 Å². The summed E-state index contributed by atoms with van der Waals surface area (Å²) in [5.41, 5.74) is 7.36. The van der Waals surface area contributed by atoms with Crippen molar-refractivity contribution in [1.82, 2.24) is 4.98 Å². The Kier molecular flexibility index (Phi) is 4.14. The van der Waals surface area contributed by atoms with Gasteiger partial charge in [0.1, 0.15) is 6.61 Å². The summed E-state index contributed by atoms with van der Waals surface area (Å²) in [5, 5.41) is 2.46. The lowest BCUT2D eigenvalue weighted by Crippen LogP contribution is -1.94. The third kappa shape index (κ3) is 3.91. The van der Waals surface area contributed by atoms with E-state index in [-0.39, 0.29) is 0 Å². The van der Waals surface area contributed by atoms with E-state index < -0.39 is 0 Å². The maximum atomic E-state index is 5.51. The summed E-state index contributed by atoms with van der Waals surface area (Å²) in [5.74, 6) is 5.97. The standard InChI is InChI=1S/C13H12N2OS/c14-13-15-12(10-17-13)9-16-8-4-7-11-5-2-1-3-6-11/h1-3,5-6,10H,8-9H2,(H2,14,15). The fraction of sp³-hybridized carbons (Fsp3) is 0.154. The van der Waals surface area contributed by atoms with Crippen LogP contribution in [0.3, 0.4) is 0 Å². The molecule has 86 valence electrons. The van der Waals surface area contributed by atoms with Gasteiger partial charge in [0, 0.05) is 10.9 Å². The average molecular weight is 244 g/mol. The van der Waals surface area contributed by atoms with Gasteiger partial charge < -0.3 is 10.5 Å². The molecule has 0 aliphatic heterocycles. The molecule has 0 atom stereocenters. The van der Waals surface area contributed by atoms with Crippen LogP contribution in [0.2, 0.25) is 0 Å². The summed E-state index contributed by atoms with van der Waals surface area (Å²) in [6.45, 7) is 0.851. The van der Waals surface area contributed by atoms with Crippen molar-refractivity contribution in [3.8, 4) is 11.8 Å². The Morgan fingerprint density at radius 2 is 2.12 bits per heavy atom. The van der Waals surface area contributed by atoms with Crippen molar-refractivity contribution >= 4 is 16.5 Å². The van der Waals surface area contributed by atoms with Crippen LogP contribution in [-0.4, -0.2) is 11.6 Å². The van der Waals surface area contributed by atoms with Gasteiger partial charge in [0.25, 0.3) is 0 Å². The molecule has 2 aromatic rings. The highest BCUT2D eigenvalue weighted by atomic mass is 32.1. The van der Waals surface area contributed by atoms with Crippen molar-refractivity contribution in [2.45, 2.75) is 6.61 Å². The first kappa shape index (κ1) is 11.6. The summed E-state index contributed by atoms with van der Waals surface area (Å²) in [4.78, 5) is 4.09. The number of hydrogen-bond acceptors (Lipinski definition) is 4. The molecule has 3 nitrogen and oxygen atoms in total. The fourth-order valence-electron chi connectivity index (χ4n) is 1.26. The van der Waals surface area contributed by atoms with Crippen molar-refractivity contribution < 1.29 is 4.74 Å². The Morgan fingerprint density at radius 3 is 2.82 bits per heavy atom. The number of nitrogen functional groups attached to an aromatic ring is 1.